The summed E-state index contributed by atoms with van der Waals surface area (Å²) >= 11 is 1.33. The van der Waals surface area contributed by atoms with Crippen molar-refractivity contribution < 1.29 is 14.3 Å². The fourth-order valence-electron chi connectivity index (χ4n) is 1.92. The molecular weight excluding hydrogens is 316 g/mol. The summed E-state index contributed by atoms with van der Waals surface area (Å²) in [6, 6.07) is 1.42. The van der Waals surface area contributed by atoms with Gasteiger partial charge < -0.3 is 15.4 Å². The molecule has 0 fully saturated rings. The van der Waals surface area contributed by atoms with Gasteiger partial charge in [-0.15, -0.1) is 11.3 Å². The highest BCUT2D eigenvalue weighted by Gasteiger charge is 2.21. The number of carbonyl (C=O) groups excluding carboxylic acids is 2. The van der Waals surface area contributed by atoms with Crippen LogP contribution in [0, 0.1) is 17.2 Å². The lowest BCUT2D eigenvalue weighted by Gasteiger charge is -2.18. The third-order valence-electron chi connectivity index (χ3n) is 2.85. The highest BCUT2D eigenvalue weighted by atomic mass is 32.1. The Kier molecular flexibility index (Phi) is 8.05. The van der Waals surface area contributed by atoms with Crippen LogP contribution in [-0.4, -0.2) is 36.1 Å². The van der Waals surface area contributed by atoms with Gasteiger partial charge in [-0.05, 0) is 19.3 Å². The van der Waals surface area contributed by atoms with Crippen LogP contribution < -0.4 is 10.6 Å². The van der Waals surface area contributed by atoms with Gasteiger partial charge in [0.05, 0.1) is 24.8 Å². The lowest BCUT2D eigenvalue weighted by Crippen LogP contribution is -2.40. The van der Waals surface area contributed by atoms with Gasteiger partial charge in [-0.2, -0.15) is 5.26 Å². The van der Waals surface area contributed by atoms with Gasteiger partial charge in [0.15, 0.2) is 5.13 Å². The van der Waals surface area contributed by atoms with E-state index in [1.54, 1.807) is 12.3 Å². The Labute approximate surface area is 140 Å². The molecule has 1 aromatic rings. The molecule has 0 saturated heterocycles. The Morgan fingerprint density at radius 2 is 2.22 bits per heavy atom. The van der Waals surface area contributed by atoms with Crippen molar-refractivity contribution in [3.63, 3.8) is 0 Å². The van der Waals surface area contributed by atoms with Gasteiger partial charge in [0.1, 0.15) is 12.6 Å². The summed E-state index contributed by atoms with van der Waals surface area (Å²) in [5, 5.41) is 16.5. The Balaban J connectivity index is 2.68. The predicted octanol–water partition coefficient (Wildman–Crippen LogP) is 1.72. The fraction of sp³-hybridized carbons (Fsp3) is 0.600. The summed E-state index contributed by atoms with van der Waals surface area (Å²) in [5.41, 5.74) is 0.608. The molecule has 23 heavy (non-hydrogen) atoms. The third-order valence-corrected chi connectivity index (χ3v) is 3.67. The quantitative estimate of drug-likeness (QED) is 0.525. The van der Waals surface area contributed by atoms with Crippen molar-refractivity contribution in [2.45, 2.75) is 39.7 Å². The molecule has 126 valence electrons. The highest BCUT2D eigenvalue weighted by molar-refractivity contribution is 7.13. The zero-order valence-corrected chi connectivity index (χ0v) is 14.4. The summed E-state index contributed by atoms with van der Waals surface area (Å²) in [4.78, 5) is 27.8. The van der Waals surface area contributed by atoms with Crippen LogP contribution in [-0.2, 0) is 20.7 Å². The lowest BCUT2D eigenvalue weighted by atomic mass is 10.0. The molecule has 0 aliphatic rings. The van der Waals surface area contributed by atoms with Crippen LogP contribution in [0.5, 0.6) is 0 Å². The molecule has 7 nitrogen and oxygen atoms in total. The maximum absolute atomic E-state index is 12.1. The molecule has 0 radical (unpaired) electrons. The van der Waals surface area contributed by atoms with Crippen molar-refractivity contribution >= 4 is 28.3 Å². The predicted molar refractivity (Wildman–Crippen MR) is 87.9 cm³/mol. The molecule has 1 amide bonds. The number of nitrogens with one attached hydrogen (secondary N) is 2. The minimum atomic E-state index is -0.468. The van der Waals surface area contributed by atoms with Crippen LogP contribution in [0.1, 0.15) is 32.9 Å². The van der Waals surface area contributed by atoms with E-state index >= 15 is 0 Å². The van der Waals surface area contributed by atoms with Crippen molar-refractivity contribution in [3.05, 3.63) is 11.1 Å². The molecule has 0 bridgehead atoms. The van der Waals surface area contributed by atoms with E-state index in [0.717, 1.165) is 0 Å². The second-order valence-electron chi connectivity index (χ2n) is 5.33. The molecule has 2 N–H and O–H groups in total. The van der Waals surface area contributed by atoms with Gasteiger partial charge in [0.25, 0.3) is 0 Å². The van der Waals surface area contributed by atoms with Crippen LogP contribution in [0.2, 0.25) is 0 Å². The van der Waals surface area contributed by atoms with Gasteiger partial charge in [-0.1, -0.05) is 13.8 Å². The molecule has 0 saturated carbocycles. The van der Waals surface area contributed by atoms with Gasteiger partial charge in [0.2, 0.25) is 5.91 Å². The number of esters is 1. The number of carbonyl (C=O) groups is 2. The van der Waals surface area contributed by atoms with Crippen LogP contribution in [0.4, 0.5) is 5.13 Å². The normalized spacial score (nSPS) is 11.6. The van der Waals surface area contributed by atoms with E-state index in [2.05, 4.69) is 15.6 Å². The SMILES string of the molecule is CCOC(=O)Cc1csc(NC(CC(C)C)C(=O)NCC#N)n1. The fourth-order valence-corrected chi connectivity index (χ4v) is 2.68. The molecule has 1 atom stereocenters. The number of ether oxygens (including phenoxy) is 1. The average Bonchev–Trinajstić information content (AvgIpc) is 2.90. The average molecular weight is 338 g/mol. The van der Waals surface area contributed by atoms with Crippen LogP contribution in [0.25, 0.3) is 0 Å². The molecule has 1 heterocycles. The van der Waals surface area contributed by atoms with E-state index in [-0.39, 0.29) is 24.8 Å². The minimum Gasteiger partial charge on any atom is -0.466 e. The van der Waals surface area contributed by atoms with E-state index in [1.807, 2.05) is 19.9 Å². The Hall–Kier alpha value is -2.14. The van der Waals surface area contributed by atoms with E-state index in [9.17, 15) is 9.59 Å². The monoisotopic (exact) mass is 338 g/mol. The standard InChI is InChI=1S/C15H22N4O3S/c1-4-22-13(20)8-11-9-23-15(18-11)19-12(7-10(2)3)14(21)17-6-5-16/h9-10,12H,4,6-8H2,1-3H3,(H,17,21)(H,18,19). The maximum Gasteiger partial charge on any atom is 0.311 e. The van der Waals surface area contributed by atoms with Gasteiger partial charge in [0, 0.05) is 5.38 Å². The summed E-state index contributed by atoms with van der Waals surface area (Å²) < 4.78 is 4.88. The highest BCUT2D eigenvalue weighted by Crippen LogP contribution is 2.19. The molecule has 1 rings (SSSR count). The van der Waals surface area contributed by atoms with Gasteiger partial charge >= 0.3 is 5.97 Å². The first kappa shape index (κ1) is 18.9. The molecule has 1 aromatic heterocycles. The molecular formula is C15H22N4O3S. The number of hydrogen-bond donors (Lipinski definition) is 2. The second kappa shape index (κ2) is 9.79. The summed E-state index contributed by atoms with van der Waals surface area (Å²) in [6.45, 7) is 6.09. The van der Waals surface area contributed by atoms with Crippen molar-refractivity contribution in [2.75, 3.05) is 18.5 Å². The van der Waals surface area contributed by atoms with Crippen molar-refractivity contribution in [1.29, 1.82) is 5.26 Å². The number of aromatic nitrogens is 1. The molecule has 0 spiro atoms. The maximum atomic E-state index is 12.1. The number of nitriles is 1. The number of rotatable bonds is 9. The summed E-state index contributed by atoms with van der Waals surface area (Å²) in [5.74, 6) is -0.253. The molecule has 1 unspecified atom stereocenters. The Bertz CT molecular complexity index is 565. The molecule has 0 aliphatic carbocycles. The first-order valence-corrected chi connectivity index (χ1v) is 8.35. The zero-order valence-electron chi connectivity index (χ0n) is 13.6. The second-order valence-corrected chi connectivity index (χ2v) is 6.19. The van der Waals surface area contributed by atoms with Gasteiger partial charge in [-0.3, -0.25) is 9.59 Å². The lowest BCUT2D eigenvalue weighted by molar-refractivity contribution is -0.142. The van der Waals surface area contributed by atoms with E-state index in [4.69, 9.17) is 10.00 Å². The summed E-state index contributed by atoms with van der Waals surface area (Å²) in [7, 11) is 0. The topological polar surface area (TPSA) is 104 Å². The molecule has 0 aromatic carbocycles. The smallest absolute Gasteiger partial charge is 0.311 e. The first-order valence-electron chi connectivity index (χ1n) is 7.47. The van der Waals surface area contributed by atoms with E-state index in [1.165, 1.54) is 11.3 Å². The van der Waals surface area contributed by atoms with Crippen LogP contribution >= 0.6 is 11.3 Å². The number of amides is 1. The van der Waals surface area contributed by atoms with Crippen molar-refractivity contribution in [2.24, 2.45) is 5.92 Å². The number of hydrogen-bond acceptors (Lipinski definition) is 7. The van der Waals surface area contributed by atoms with E-state index in [0.29, 0.717) is 29.8 Å². The Morgan fingerprint density at radius 3 is 2.83 bits per heavy atom. The first-order chi connectivity index (χ1) is 11.0. The van der Waals surface area contributed by atoms with Crippen LogP contribution in [0.15, 0.2) is 5.38 Å². The molecule has 8 heteroatoms. The van der Waals surface area contributed by atoms with Crippen molar-refractivity contribution in [3.8, 4) is 6.07 Å². The third kappa shape index (κ3) is 7.10. The zero-order chi connectivity index (χ0) is 17.2. The molecule has 0 aliphatic heterocycles. The summed E-state index contributed by atoms with van der Waals surface area (Å²) in [6.07, 6.45) is 0.728. The van der Waals surface area contributed by atoms with Crippen LogP contribution in [0.3, 0.4) is 0 Å². The Morgan fingerprint density at radius 1 is 1.48 bits per heavy atom. The number of thiazole rings is 1. The van der Waals surface area contributed by atoms with Crippen molar-refractivity contribution in [1.82, 2.24) is 10.3 Å². The van der Waals surface area contributed by atoms with Gasteiger partial charge in [-0.25, -0.2) is 4.98 Å². The number of nitrogens with zero attached hydrogens (tertiary/aromatic N) is 2. The number of anilines is 1. The minimum absolute atomic E-state index is 0.0267. The van der Waals surface area contributed by atoms with E-state index < -0.39 is 6.04 Å². The largest absolute Gasteiger partial charge is 0.466 e.